The van der Waals surface area contributed by atoms with Gasteiger partial charge in [0, 0.05) is 0 Å². The van der Waals surface area contributed by atoms with Crippen molar-refractivity contribution in [2.45, 2.75) is 6.92 Å². The number of aromatic carboxylic acids is 1. The van der Waals surface area contributed by atoms with E-state index in [0.29, 0.717) is 0 Å². The smallest absolute Gasteiger partial charge is 0.341 e. The average molecular weight is 256 g/mol. The maximum absolute atomic E-state index is 13.6. The first-order valence-corrected chi connectivity index (χ1v) is 5.04. The number of aromatic nitrogens is 1. The number of aryl methyl sites for hydroxylation is 1. The van der Waals surface area contributed by atoms with Gasteiger partial charge in [0.25, 0.3) is 0 Å². The van der Waals surface area contributed by atoms with Crippen molar-refractivity contribution in [1.29, 1.82) is 0 Å². The van der Waals surface area contributed by atoms with Crippen LogP contribution in [0.4, 0.5) is 4.39 Å². The monoisotopic (exact) mass is 255 g/mol. The Labute approximate surface area is 101 Å². The third kappa shape index (κ3) is 1.89. The van der Waals surface area contributed by atoms with Gasteiger partial charge in [0.05, 0.1) is 16.3 Å². The number of rotatable bonds is 2. The molecule has 0 saturated heterocycles. The number of hydrogen-bond acceptors (Lipinski definition) is 3. The summed E-state index contributed by atoms with van der Waals surface area (Å²) in [5.74, 6) is -2.06. The molecule has 88 valence electrons. The van der Waals surface area contributed by atoms with E-state index >= 15 is 0 Å². The minimum absolute atomic E-state index is 0.0728. The fourth-order valence-corrected chi connectivity index (χ4v) is 1.76. The summed E-state index contributed by atoms with van der Waals surface area (Å²) in [6, 6.07) is 4.04. The molecule has 1 aromatic carbocycles. The van der Waals surface area contributed by atoms with Gasteiger partial charge < -0.3 is 9.63 Å². The summed E-state index contributed by atoms with van der Waals surface area (Å²) in [7, 11) is 0. The summed E-state index contributed by atoms with van der Waals surface area (Å²) < 4.78 is 18.5. The van der Waals surface area contributed by atoms with Crippen LogP contribution in [0, 0.1) is 12.7 Å². The number of nitrogens with zero attached hydrogens (tertiary/aromatic N) is 1. The lowest BCUT2D eigenvalue weighted by Crippen LogP contribution is -2.00. The highest BCUT2D eigenvalue weighted by Crippen LogP contribution is 2.34. The van der Waals surface area contributed by atoms with E-state index in [-0.39, 0.29) is 27.6 Å². The number of hydrogen-bond donors (Lipinski definition) is 1. The van der Waals surface area contributed by atoms with Crippen LogP contribution < -0.4 is 0 Å². The highest BCUT2D eigenvalue weighted by atomic mass is 35.5. The second kappa shape index (κ2) is 4.18. The number of halogens is 2. The van der Waals surface area contributed by atoms with Gasteiger partial charge in [-0.05, 0) is 19.1 Å². The molecule has 0 bridgehead atoms. The molecule has 0 atom stereocenters. The van der Waals surface area contributed by atoms with Crippen molar-refractivity contribution in [2.75, 3.05) is 0 Å². The lowest BCUT2D eigenvalue weighted by molar-refractivity contribution is 0.0696. The Bertz CT molecular complexity index is 574. The van der Waals surface area contributed by atoms with Crippen molar-refractivity contribution in [3.63, 3.8) is 0 Å². The van der Waals surface area contributed by atoms with Crippen LogP contribution >= 0.6 is 11.6 Å². The zero-order valence-electron chi connectivity index (χ0n) is 8.70. The maximum Gasteiger partial charge on any atom is 0.341 e. The minimum atomic E-state index is -1.24. The van der Waals surface area contributed by atoms with E-state index in [1.54, 1.807) is 0 Å². The molecule has 0 amide bonds. The average Bonchev–Trinajstić information content (AvgIpc) is 2.60. The molecule has 0 aliphatic heterocycles. The molecular formula is C11H7ClFNO3. The van der Waals surface area contributed by atoms with Gasteiger partial charge >= 0.3 is 5.97 Å². The van der Waals surface area contributed by atoms with Gasteiger partial charge in [-0.1, -0.05) is 22.8 Å². The number of carbonyl (C=O) groups is 1. The Morgan fingerprint density at radius 1 is 1.53 bits per heavy atom. The van der Waals surface area contributed by atoms with Crippen LogP contribution in [0.3, 0.4) is 0 Å². The van der Waals surface area contributed by atoms with Crippen molar-refractivity contribution in [3.8, 4) is 11.3 Å². The van der Waals surface area contributed by atoms with Gasteiger partial charge in [0.1, 0.15) is 11.4 Å². The van der Waals surface area contributed by atoms with Crippen molar-refractivity contribution in [2.24, 2.45) is 0 Å². The van der Waals surface area contributed by atoms with E-state index in [0.717, 1.165) is 0 Å². The quantitative estimate of drug-likeness (QED) is 0.895. The predicted molar refractivity (Wildman–Crippen MR) is 58.6 cm³/mol. The Balaban J connectivity index is 2.73. The van der Waals surface area contributed by atoms with Gasteiger partial charge in [-0.25, -0.2) is 9.18 Å². The molecule has 0 radical (unpaired) electrons. The standard InChI is InChI=1S/C11H7ClFNO3/c1-5-8(11(15)16)10(17-14-5)9-6(12)3-2-4-7(9)13/h2-4H,1H3,(H,15,16). The molecule has 4 nitrogen and oxygen atoms in total. The van der Waals surface area contributed by atoms with E-state index in [2.05, 4.69) is 5.16 Å². The van der Waals surface area contributed by atoms with Gasteiger partial charge in [-0.2, -0.15) is 0 Å². The highest BCUT2D eigenvalue weighted by molar-refractivity contribution is 6.33. The molecule has 17 heavy (non-hydrogen) atoms. The van der Waals surface area contributed by atoms with E-state index in [4.69, 9.17) is 21.2 Å². The maximum atomic E-state index is 13.6. The van der Waals surface area contributed by atoms with Crippen LogP contribution in [0.5, 0.6) is 0 Å². The molecule has 0 unspecified atom stereocenters. The predicted octanol–water partition coefficient (Wildman–Crippen LogP) is 3.14. The number of carboxylic acids is 1. The first-order chi connectivity index (χ1) is 8.02. The fraction of sp³-hybridized carbons (Fsp3) is 0.0909. The third-order valence-electron chi connectivity index (χ3n) is 2.27. The van der Waals surface area contributed by atoms with E-state index in [9.17, 15) is 9.18 Å². The van der Waals surface area contributed by atoms with Crippen LogP contribution in [0.2, 0.25) is 5.02 Å². The molecule has 6 heteroatoms. The molecule has 0 aliphatic rings. The third-order valence-corrected chi connectivity index (χ3v) is 2.58. The summed E-state index contributed by atoms with van der Waals surface area (Å²) in [6.45, 7) is 1.46. The molecule has 0 aliphatic carbocycles. The van der Waals surface area contributed by atoms with Gasteiger partial charge in [0.15, 0.2) is 5.76 Å². The zero-order chi connectivity index (χ0) is 12.6. The Morgan fingerprint density at radius 2 is 2.24 bits per heavy atom. The molecule has 1 N–H and O–H groups in total. The van der Waals surface area contributed by atoms with Gasteiger partial charge in [-0.3, -0.25) is 0 Å². The van der Waals surface area contributed by atoms with E-state index in [1.165, 1.54) is 25.1 Å². The van der Waals surface area contributed by atoms with Crippen molar-refractivity contribution >= 4 is 17.6 Å². The summed E-state index contributed by atoms with van der Waals surface area (Å²) in [6.07, 6.45) is 0. The van der Waals surface area contributed by atoms with Crippen LogP contribution in [0.25, 0.3) is 11.3 Å². The van der Waals surface area contributed by atoms with Gasteiger partial charge in [-0.15, -0.1) is 0 Å². The summed E-state index contributed by atoms with van der Waals surface area (Å²) >= 11 is 5.83. The SMILES string of the molecule is Cc1noc(-c2c(F)cccc2Cl)c1C(=O)O. The molecule has 2 rings (SSSR count). The van der Waals surface area contributed by atoms with Crippen LogP contribution in [0.1, 0.15) is 16.1 Å². The second-order valence-corrected chi connectivity index (χ2v) is 3.78. The van der Waals surface area contributed by atoms with Crippen molar-refractivity contribution in [1.82, 2.24) is 5.16 Å². The molecular weight excluding hydrogens is 249 g/mol. The molecule has 1 aromatic heterocycles. The molecule has 0 spiro atoms. The Morgan fingerprint density at radius 3 is 2.82 bits per heavy atom. The Kier molecular flexibility index (Phi) is 2.85. The highest BCUT2D eigenvalue weighted by Gasteiger charge is 2.25. The molecule has 2 aromatic rings. The van der Waals surface area contributed by atoms with E-state index < -0.39 is 11.8 Å². The molecule has 0 fully saturated rings. The van der Waals surface area contributed by atoms with Crippen molar-refractivity contribution in [3.05, 3.63) is 40.3 Å². The number of benzene rings is 1. The second-order valence-electron chi connectivity index (χ2n) is 3.37. The normalized spacial score (nSPS) is 10.5. The molecule has 1 heterocycles. The first-order valence-electron chi connectivity index (χ1n) is 4.66. The Hall–Kier alpha value is -1.88. The minimum Gasteiger partial charge on any atom is -0.477 e. The first kappa shape index (κ1) is 11.6. The van der Waals surface area contributed by atoms with Crippen LogP contribution in [0.15, 0.2) is 22.7 Å². The summed E-state index contributed by atoms with van der Waals surface area (Å²) in [5, 5.41) is 12.6. The fourth-order valence-electron chi connectivity index (χ4n) is 1.51. The number of carboxylic acid groups (broad SMARTS) is 1. The lowest BCUT2D eigenvalue weighted by atomic mass is 10.1. The van der Waals surface area contributed by atoms with Crippen molar-refractivity contribution < 1.29 is 18.8 Å². The van der Waals surface area contributed by atoms with Crippen LogP contribution in [-0.4, -0.2) is 16.2 Å². The van der Waals surface area contributed by atoms with Gasteiger partial charge in [0.2, 0.25) is 0 Å². The summed E-state index contributed by atoms with van der Waals surface area (Å²) in [5.41, 5.74) is -0.101. The molecule has 0 saturated carbocycles. The summed E-state index contributed by atoms with van der Waals surface area (Å²) in [4.78, 5) is 11.0. The van der Waals surface area contributed by atoms with E-state index in [1.807, 2.05) is 0 Å². The lowest BCUT2D eigenvalue weighted by Gasteiger charge is -2.02. The largest absolute Gasteiger partial charge is 0.477 e. The van der Waals surface area contributed by atoms with Crippen LogP contribution in [-0.2, 0) is 0 Å². The topological polar surface area (TPSA) is 63.3 Å². The zero-order valence-corrected chi connectivity index (χ0v) is 9.45.